The molecule has 0 saturated carbocycles. The summed E-state index contributed by atoms with van der Waals surface area (Å²) in [4.78, 5) is 0. The normalized spacial score (nSPS) is 12.3. The maximum Gasteiger partial charge on any atom is 0.0620 e. The van der Waals surface area contributed by atoms with Crippen molar-refractivity contribution in [2.24, 2.45) is 0 Å². The Morgan fingerprint density at radius 2 is 0.738 bits per heavy atom. The molecule has 61 heavy (non-hydrogen) atoms. The van der Waals surface area contributed by atoms with Gasteiger partial charge in [-0.15, -0.1) is 0 Å². The van der Waals surface area contributed by atoms with E-state index in [-0.39, 0.29) is 0 Å². The lowest BCUT2D eigenvalue weighted by Gasteiger charge is -2.18. The Hall–Kier alpha value is -8.14. The molecule has 0 saturated heterocycles. The van der Waals surface area contributed by atoms with E-state index in [1.807, 2.05) is 0 Å². The molecule has 0 unspecified atom stereocenters. The van der Waals surface area contributed by atoms with Gasteiger partial charge in [0.25, 0.3) is 0 Å². The summed E-state index contributed by atoms with van der Waals surface area (Å²) >= 11 is 0. The molecule has 11 aromatic carbocycles. The van der Waals surface area contributed by atoms with Crippen LogP contribution in [0.25, 0.3) is 126 Å². The minimum Gasteiger partial charge on any atom is -0.309 e. The molecule has 14 aromatic rings. The topological polar surface area (TPSA) is 14.8 Å². The van der Waals surface area contributed by atoms with Crippen molar-refractivity contribution in [1.29, 1.82) is 0 Å². The number of hydrogen-bond donors (Lipinski definition) is 0. The van der Waals surface area contributed by atoms with E-state index in [9.17, 15) is 0 Å². The number of benzene rings is 11. The summed E-state index contributed by atoms with van der Waals surface area (Å²) < 4.78 is 7.36. The first-order valence-electron chi connectivity index (χ1n) is 21.1. The SMILES string of the molecule is c1ccc(-n2c3ccccc3c3cc(-c4ccc5c(c4)c4ccccc4n5-c4cc5cc6c7ccccc7n(-c7ccccc7)c6c6ccc7cccc4c7c56)ccc32)cc1. The zero-order valence-electron chi connectivity index (χ0n) is 33.0. The van der Waals surface area contributed by atoms with Crippen molar-refractivity contribution in [3.05, 3.63) is 212 Å². The van der Waals surface area contributed by atoms with Gasteiger partial charge in [-0.2, -0.15) is 0 Å². The van der Waals surface area contributed by atoms with Crippen LogP contribution in [-0.4, -0.2) is 13.7 Å². The maximum atomic E-state index is 2.51. The van der Waals surface area contributed by atoms with Gasteiger partial charge in [-0.25, -0.2) is 0 Å². The van der Waals surface area contributed by atoms with E-state index in [4.69, 9.17) is 0 Å². The fourth-order valence-electron chi connectivity index (χ4n) is 10.8. The van der Waals surface area contributed by atoms with Crippen LogP contribution < -0.4 is 0 Å². The van der Waals surface area contributed by atoms with Crippen molar-refractivity contribution in [2.75, 3.05) is 0 Å². The van der Waals surface area contributed by atoms with E-state index in [0.29, 0.717) is 0 Å². The van der Waals surface area contributed by atoms with Gasteiger partial charge in [0.2, 0.25) is 0 Å². The van der Waals surface area contributed by atoms with E-state index >= 15 is 0 Å². The van der Waals surface area contributed by atoms with Crippen molar-refractivity contribution in [2.45, 2.75) is 0 Å². The average molecular weight is 774 g/mol. The Morgan fingerprint density at radius 1 is 0.246 bits per heavy atom. The lowest BCUT2D eigenvalue weighted by Crippen LogP contribution is -1.98. The molecular formula is C58H35N3. The third kappa shape index (κ3) is 4.47. The number of nitrogens with zero attached hydrogens (tertiary/aromatic N) is 3. The molecule has 0 spiro atoms. The quantitative estimate of drug-likeness (QED) is 0.158. The molecule has 0 radical (unpaired) electrons. The van der Waals surface area contributed by atoms with Crippen molar-refractivity contribution < 1.29 is 0 Å². The molecule has 3 aromatic heterocycles. The molecule has 0 atom stereocenters. The number of hydrogen-bond acceptors (Lipinski definition) is 0. The van der Waals surface area contributed by atoms with Crippen LogP contribution in [0.4, 0.5) is 0 Å². The molecule has 3 nitrogen and oxygen atoms in total. The van der Waals surface area contributed by atoms with E-state index in [1.54, 1.807) is 0 Å². The Morgan fingerprint density at radius 3 is 1.39 bits per heavy atom. The van der Waals surface area contributed by atoms with E-state index < -0.39 is 0 Å². The number of rotatable bonds is 4. The second kappa shape index (κ2) is 12.2. The van der Waals surface area contributed by atoms with Gasteiger partial charge >= 0.3 is 0 Å². The Labute approximate surface area is 350 Å². The molecule has 282 valence electrons. The summed E-state index contributed by atoms with van der Waals surface area (Å²) in [7, 11) is 0. The molecule has 0 aliphatic carbocycles. The highest BCUT2D eigenvalue weighted by atomic mass is 15.0. The molecule has 0 aliphatic heterocycles. The van der Waals surface area contributed by atoms with Gasteiger partial charge in [-0.1, -0.05) is 133 Å². The van der Waals surface area contributed by atoms with Crippen LogP contribution in [0.3, 0.4) is 0 Å². The van der Waals surface area contributed by atoms with Crippen LogP contribution in [0.2, 0.25) is 0 Å². The van der Waals surface area contributed by atoms with Gasteiger partial charge in [0, 0.05) is 54.5 Å². The molecule has 0 amide bonds. The predicted octanol–water partition coefficient (Wildman–Crippen LogP) is 15.5. The van der Waals surface area contributed by atoms with Crippen molar-refractivity contribution in [3.8, 4) is 28.2 Å². The molecule has 0 N–H and O–H groups in total. The monoisotopic (exact) mass is 773 g/mol. The molecule has 3 heterocycles. The van der Waals surface area contributed by atoms with Crippen molar-refractivity contribution in [3.63, 3.8) is 0 Å². The van der Waals surface area contributed by atoms with Gasteiger partial charge in [0.1, 0.15) is 0 Å². The zero-order chi connectivity index (χ0) is 39.8. The number of aromatic nitrogens is 3. The van der Waals surface area contributed by atoms with Gasteiger partial charge in [-0.3, -0.25) is 0 Å². The summed E-state index contributed by atoms with van der Waals surface area (Å²) in [5.74, 6) is 0. The zero-order valence-corrected chi connectivity index (χ0v) is 33.0. The first-order chi connectivity index (χ1) is 30.3. The summed E-state index contributed by atoms with van der Waals surface area (Å²) in [5.41, 5.74) is 13.3. The van der Waals surface area contributed by atoms with Crippen molar-refractivity contribution >= 4 is 97.7 Å². The molecule has 0 aliphatic rings. The summed E-state index contributed by atoms with van der Waals surface area (Å²) in [5, 5.41) is 15.2. The lowest BCUT2D eigenvalue weighted by atomic mass is 9.91. The van der Waals surface area contributed by atoms with E-state index in [0.717, 1.165) is 0 Å². The lowest BCUT2D eigenvalue weighted by molar-refractivity contribution is 1.18. The van der Waals surface area contributed by atoms with Crippen LogP contribution >= 0.6 is 0 Å². The van der Waals surface area contributed by atoms with Gasteiger partial charge < -0.3 is 13.7 Å². The smallest absolute Gasteiger partial charge is 0.0620 e. The van der Waals surface area contributed by atoms with Crippen molar-refractivity contribution in [1.82, 2.24) is 13.7 Å². The van der Waals surface area contributed by atoms with E-state index in [1.165, 1.54) is 126 Å². The minimum absolute atomic E-state index is 1.17. The Bertz CT molecular complexity index is 4090. The molecule has 3 heteroatoms. The molecule has 0 fully saturated rings. The number of para-hydroxylation sites is 5. The summed E-state index contributed by atoms with van der Waals surface area (Å²) in [6, 6.07) is 78.5. The minimum atomic E-state index is 1.17. The third-order valence-corrected chi connectivity index (χ3v) is 13.3. The van der Waals surface area contributed by atoms with Crippen LogP contribution in [-0.2, 0) is 0 Å². The van der Waals surface area contributed by atoms with E-state index in [2.05, 4.69) is 226 Å². The van der Waals surface area contributed by atoms with Crippen LogP contribution in [0.5, 0.6) is 0 Å². The predicted molar refractivity (Wildman–Crippen MR) is 259 cm³/mol. The first-order valence-corrected chi connectivity index (χ1v) is 21.1. The second-order valence-electron chi connectivity index (χ2n) is 16.5. The van der Waals surface area contributed by atoms with Gasteiger partial charge in [-0.05, 0) is 112 Å². The highest BCUT2D eigenvalue weighted by Crippen LogP contribution is 2.46. The molecular weight excluding hydrogens is 739 g/mol. The van der Waals surface area contributed by atoms with Crippen LogP contribution in [0, 0.1) is 0 Å². The average Bonchev–Trinajstić information content (AvgIpc) is 3.96. The standard InChI is InChI=1S/C58H35N3/c1-3-15-40(16-4-1)59-50-23-10-7-19-42(50)47-32-37(27-30-53(47)59)38-28-31-54-48(33-38)43-20-8-12-25-52(43)61(54)55-35-39-34-49-44-21-9-11-24-51(44)60(41-17-5-2-6-18-41)58(49)46-29-26-36-14-13-22-45(55)56(36)57(39)46/h1-35H. The third-order valence-electron chi connectivity index (χ3n) is 13.3. The Balaban J connectivity index is 1.02. The molecule has 14 rings (SSSR count). The number of fused-ring (bicyclic) bond motifs is 10. The summed E-state index contributed by atoms with van der Waals surface area (Å²) in [6.45, 7) is 0. The highest BCUT2D eigenvalue weighted by Gasteiger charge is 2.22. The van der Waals surface area contributed by atoms with Crippen LogP contribution in [0.15, 0.2) is 212 Å². The maximum absolute atomic E-state index is 2.51. The van der Waals surface area contributed by atoms with Gasteiger partial charge in [0.15, 0.2) is 0 Å². The largest absolute Gasteiger partial charge is 0.309 e. The summed E-state index contributed by atoms with van der Waals surface area (Å²) in [6.07, 6.45) is 0. The second-order valence-corrected chi connectivity index (χ2v) is 16.5. The fourth-order valence-corrected chi connectivity index (χ4v) is 10.8. The van der Waals surface area contributed by atoms with Crippen LogP contribution in [0.1, 0.15) is 0 Å². The van der Waals surface area contributed by atoms with Gasteiger partial charge in [0.05, 0.1) is 38.8 Å². The first kappa shape index (κ1) is 32.8. The molecule has 0 bridgehead atoms. The Kier molecular flexibility index (Phi) is 6.56. The highest BCUT2D eigenvalue weighted by molar-refractivity contribution is 6.33. The fraction of sp³-hybridized carbons (Fsp3) is 0.